The molecule has 0 amide bonds. The second kappa shape index (κ2) is 6.31. The van der Waals surface area contributed by atoms with Crippen molar-refractivity contribution in [2.45, 2.75) is 30.2 Å². The number of aromatic nitrogens is 4. The van der Waals surface area contributed by atoms with Crippen LogP contribution in [0.1, 0.15) is 22.7 Å². The van der Waals surface area contributed by atoms with Gasteiger partial charge >= 0.3 is 0 Å². The van der Waals surface area contributed by atoms with Crippen LogP contribution in [0.5, 0.6) is 0 Å². The van der Waals surface area contributed by atoms with Gasteiger partial charge in [0.2, 0.25) is 0 Å². The standard InChI is InChI=1S/C19H16N4O2S2/c1-23-18(25)15-11-6-4-8-13(11)27-17(15)22-19(23)26-9-14-20-12-7-3-2-5-10(12)16(24)21-14/h2-3,5,7H,4,6,8-9H2,1H3,(H,20,21,24). The van der Waals surface area contributed by atoms with Gasteiger partial charge in [0.05, 0.1) is 22.0 Å². The molecule has 0 radical (unpaired) electrons. The number of rotatable bonds is 3. The topological polar surface area (TPSA) is 80.6 Å². The van der Waals surface area contributed by atoms with E-state index in [1.54, 1.807) is 29.0 Å². The van der Waals surface area contributed by atoms with Crippen LogP contribution in [-0.2, 0) is 25.6 Å². The molecule has 3 aromatic heterocycles. The summed E-state index contributed by atoms with van der Waals surface area (Å²) < 4.78 is 1.61. The summed E-state index contributed by atoms with van der Waals surface area (Å²) in [5.74, 6) is 1.02. The van der Waals surface area contributed by atoms with E-state index in [1.165, 1.54) is 22.2 Å². The lowest BCUT2D eigenvalue weighted by atomic mass is 10.2. The highest BCUT2D eigenvalue weighted by Gasteiger charge is 2.22. The summed E-state index contributed by atoms with van der Waals surface area (Å²) in [7, 11) is 1.76. The molecule has 3 heterocycles. The summed E-state index contributed by atoms with van der Waals surface area (Å²) in [4.78, 5) is 39.3. The summed E-state index contributed by atoms with van der Waals surface area (Å²) in [6.07, 6.45) is 3.14. The van der Waals surface area contributed by atoms with Crippen LogP contribution in [0.2, 0.25) is 0 Å². The second-order valence-electron chi connectivity index (χ2n) is 6.61. The van der Waals surface area contributed by atoms with Crippen LogP contribution in [0.15, 0.2) is 39.0 Å². The molecular weight excluding hydrogens is 380 g/mol. The third-order valence-electron chi connectivity index (χ3n) is 4.91. The van der Waals surface area contributed by atoms with Crippen molar-refractivity contribution in [2.75, 3.05) is 0 Å². The van der Waals surface area contributed by atoms with E-state index in [0.717, 1.165) is 29.5 Å². The summed E-state index contributed by atoms with van der Waals surface area (Å²) in [5, 5.41) is 2.01. The van der Waals surface area contributed by atoms with Gasteiger partial charge in [0, 0.05) is 11.9 Å². The Morgan fingerprint density at radius 2 is 2.07 bits per heavy atom. The van der Waals surface area contributed by atoms with Gasteiger partial charge in [-0.2, -0.15) is 0 Å². The predicted molar refractivity (Wildman–Crippen MR) is 109 cm³/mol. The number of aromatic amines is 1. The maximum absolute atomic E-state index is 12.9. The van der Waals surface area contributed by atoms with Gasteiger partial charge in [-0.3, -0.25) is 14.2 Å². The molecule has 1 N–H and O–H groups in total. The molecule has 8 heteroatoms. The van der Waals surface area contributed by atoms with Crippen LogP contribution in [-0.4, -0.2) is 19.5 Å². The Morgan fingerprint density at radius 3 is 2.96 bits per heavy atom. The molecule has 0 unspecified atom stereocenters. The Morgan fingerprint density at radius 1 is 1.22 bits per heavy atom. The van der Waals surface area contributed by atoms with Gasteiger partial charge in [-0.15, -0.1) is 11.3 Å². The number of para-hydroxylation sites is 1. The number of hydrogen-bond acceptors (Lipinski definition) is 6. The molecule has 0 fully saturated rings. The number of H-pyrrole nitrogens is 1. The quantitative estimate of drug-likeness (QED) is 0.425. The van der Waals surface area contributed by atoms with E-state index in [4.69, 9.17) is 4.98 Å². The van der Waals surface area contributed by atoms with E-state index in [1.807, 2.05) is 18.2 Å². The van der Waals surface area contributed by atoms with Crippen LogP contribution < -0.4 is 11.1 Å². The summed E-state index contributed by atoms with van der Waals surface area (Å²) in [6, 6.07) is 7.26. The SMILES string of the molecule is Cn1c(SCc2nc3ccccc3c(=O)[nH]2)nc2sc3c(c2c1=O)CCC3. The van der Waals surface area contributed by atoms with Crippen LogP contribution in [0, 0.1) is 0 Å². The van der Waals surface area contributed by atoms with Gasteiger partial charge in [0.25, 0.3) is 11.1 Å². The van der Waals surface area contributed by atoms with E-state index in [2.05, 4.69) is 9.97 Å². The number of nitrogens with zero attached hydrogens (tertiary/aromatic N) is 3. The van der Waals surface area contributed by atoms with Crippen molar-refractivity contribution in [3.63, 3.8) is 0 Å². The smallest absolute Gasteiger partial charge is 0.262 e. The van der Waals surface area contributed by atoms with Crippen LogP contribution >= 0.6 is 23.1 Å². The van der Waals surface area contributed by atoms with E-state index in [0.29, 0.717) is 27.6 Å². The molecule has 0 bridgehead atoms. The predicted octanol–water partition coefficient (Wildman–Crippen LogP) is 3.01. The van der Waals surface area contributed by atoms with Gasteiger partial charge in [-0.25, -0.2) is 9.97 Å². The first-order valence-corrected chi connectivity index (χ1v) is 10.5. The summed E-state index contributed by atoms with van der Waals surface area (Å²) in [6.45, 7) is 0. The van der Waals surface area contributed by atoms with E-state index < -0.39 is 0 Å². The average Bonchev–Trinajstić information content (AvgIpc) is 3.24. The Kier molecular flexibility index (Phi) is 3.91. The van der Waals surface area contributed by atoms with E-state index in [-0.39, 0.29) is 11.1 Å². The molecule has 5 rings (SSSR count). The third-order valence-corrected chi connectivity index (χ3v) is 7.13. The lowest BCUT2D eigenvalue weighted by molar-refractivity contribution is 0.726. The highest BCUT2D eigenvalue weighted by Crippen LogP contribution is 2.35. The lowest BCUT2D eigenvalue weighted by Crippen LogP contribution is -2.20. The largest absolute Gasteiger partial charge is 0.309 e. The molecular formula is C19H16N4O2S2. The minimum atomic E-state index is -0.150. The van der Waals surface area contributed by atoms with Crippen LogP contribution in [0.25, 0.3) is 21.1 Å². The van der Waals surface area contributed by atoms with Gasteiger partial charge in [0.1, 0.15) is 10.7 Å². The number of benzene rings is 1. The lowest BCUT2D eigenvalue weighted by Gasteiger charge is -2.07. The zero-order valence-electron chi connectivity index (χ0n) is 14.6. The van der Waals surface area contributed by atoms with Gasteiger partial charge in [-0.05, 0) is 37.0 Å². The first-order chi connectivity index (χ1) is 13.1. The maximum Gasteiger partial charge on any atom is 0.262 e. The zero-order chi connectivity index (χ0) is 18.5. The Balaban J connectivity index is 1.51. The molecule has 6 nitrogen and oxygen atoms in total. The van der Waals surface area contributed by atoms with Crippen molar-refractivity contribution < 1.29 is 0 Å². The molecule has 1 aliphatic carbocycles. The fourth-order valence-electron chi connectivity index (χ4n) is 3.57. The van der Waals surface area contributed by atoms with Crippen molar-refractivity contribution in [1.82, 2.24) is 19.5 Å². The van der Waals surface area contributed by atoms with E-state index >= 15 is 0 Å². The highest BCUT2D eigenvalue weighted by atomic mass is 32.2. The maximum atomic E-state index is 12.9. The number of thioether (sulfide) groups is 1. The normalized spacial score (nSPS) is 13.5. The molecule has 0 spiro atoms. The van der Waals surface area contributed by atoms with Crippen molar-refractivity contribution in [3.05, 3.63) is 61.2 Å². The number of thiophene rings is 1. The average molecular weight is 396 g/mol. The van der Waals surface area contributed by atoms with Crippen LogP contribution in [0.4, 0.5) is 0 Å². The number of aryl methyl sites for hydroxylation is 2. The fourth-order valence-corrected chi connectivity index (χ4v) is 5.72. The minimum absolute atomic E-state index is 0.0156. The van der Waals surface area contributed by atoms with Crippen LogP contribution in [0.3, 0.4) is 0 Å². The van der Waals surface area contributed by atoms with Crippen molar-refractivity contribution >= 4 is 44.2 Å². The molecule has 0 saturated heterocycles. The summed E-state index contributed by atoms with van der Waals surface area (Å²) in [5.41, 5.74) is 1.73. The number of hydrogen-bond donors (Lipinski definition) is 1. The van der Waals surface area contributed by atoms with Crippen molar-refractivity contribution in [1.29, 1.82) is 0 Å². The summed E-state index contributed by atoms with van der Waals surface area (Å²) >= 11 is 3.05. The molecule has 0 aliphatic heterocycles. The van der Waals surface area contributed by atoms with Gasteiger partial charge < -0.3 is 4.98 Å². The monoisotopic (exact) mass is 396 g/mol. The molecule has 27 heavy (non-hydrogen) atoms. The Bertz CT molecular complexity index is 1320. The number of nitrogens with one attached hydrogen (secondary N) is 1. The number of fused-ring (bicyclic) bond motifs is 4. The molecule has 136 valence electrons. The van der Waals surface area contributed by atoms with Crippen molar-refractivity contribution in [2.24, 2.45) is 7.05 Å². The first-order valence-electron chi connectivity index (χ1n) is 8.74. The fraction of sp³-hybridized carbons (Fsp3) is 0.263. The van der Waals surface area contributed by atoms with Gasteiger partial charge in [-0.1, -0.05) is 23.9 Å². The Hall–Kier alpha value is -2.45. The molecule has 4 aromatic rings. The third kappa shape index (κ3) is 2.71. The molecule has 0 saturated carbocycles. The Labute approximate surface area is 162 Å². The molecule has 1 aromatic carbocycles. The van der Waals surface area contributed by atoms with Crippen molar-refractivity contribution in [3.8, 4) is 0 Å². The van der Waals surface area contributed by atoms with E-state index in [9.17, 15) is 9.59 Å². The molecule has 1 aliphatic rings. The molecule has 0 atom stereocenters. The second-order valence-corrected chi connectivity index (χ2v) is 8.64. The minimum Gasteiger partial charge on any atom is -0.309 e. The first kappa shape index (κ1) is 16.7. The highest BCUT2D eigenvalue weighted by molar-refractivity contribution is 7.98. The zero-order valence-corrected chi connectivity index (χ0v) is 16.2. The van der Waals surface area contributed by atoms with Gasteiger partial charge in [0.15, 0.2) is 5.16 Å².